The van der Waals surface area contributed by atoms with Gasteiger partial charge in [-0.15, -0.1) is 0 Å². The maximum atomic E-state index is 11.6. The maximum absolute atomic E-state index is 11.6. The van der Waals surface area contributed by atoms with Crippen LogP contribution in [-0.2, 0) is 9.59 Å². The molecule has 0 atom stereocenters. The molecule has 0 aromatic heterocycles. The van der Waals surface area contributed by atoms with E-state index in [9.17, 15) is 9.59 Å². The molecule has 2 N–H and O–H groups in total. The Kier molecular flexibility index (Phi) is 7.26. The van der Waals surface area contributed by atoms with Gasteiger partial charge in [0.1, 0.15) is 0 Å². The molecule has 1 rings (SSSR count). The molecule has 1 aromatic carbocycles. The highest BCUT2D eigenvalue weighted by molar-refractivity contribution is 6.42. The van der Waals surface area contributed by atoms with Crippen LogP contribution in [0.1, 0.15) is 19.4 Å². The van der Waals surface area contributed by atoms with Crippen molar-refractivity contribution in [3.8, 4) is 0 Å². The van der Waals surface area contributed by atoms with Crippen molar-refractivity contribution < 1.29 is 9.59 Å². The van der Waals surface area contributed by atoms with E-state index in [0.29, 0.717) is 23.1 Å². The quantitative estimate of drug-likeness (QED) is 0.623. The van der Waals surface area contributed by atoms with E-state index in [4.69, 9.17) is 23.2 Å². The van der Waals surface area contributed by atoms with Gasteiger partial charge in [-0.1, -0.05) is 43.1 Å². The van der Waals surface area contributed by atoms with Crippen LogP contribution in [0.25, 0.3) is 6.08 Å². The molecule has 0 fully saturated rings. The predicted octanol–water partition coefficient (Wildman–Crippen LogP) is 2.90. The lowest BCUT2D eigenvalue weighted by atomic mass is 10.2. The summed E-state index contributed by atoms with van der Waals surface area (Å²) in [6.07, 6.45) is 3.05. The second-order valence-corrected chi connectivity index (χ2v) is 5.56. The highest BCUT2D eigenvalue weighted by Gasteiger charge is 2.05. The minimum atomic E-state index is -0.236. The summed E-state index contributed by atoms with van der Waals surface area (Å²) in [6, 6.07) is 5.11. The third kappa shape index (κ3) is 6.65. The van der Waals surface area contributed by atoms with Gasteiger partial charge in [0.15, 0.2) is 0 Å². The Labute approximate surface area is 134 Å². The summed E-state index contributed by atoms with van der Waals surface area (Å²) in [7, 11) is 0. The van der Waals surface area contributed by atoms with Gasteiger partial charge in [-0.25, -0.2) is 0 Å². The highest BCUT2D eigenvalue weighted by atomic mass is 35.5. The smallest absolute Gasteiger partial charge is 0.244 e. The van der Waals surface area contributed by atoms with Crippen molar-refractivity contribution in [2.75, 3.05) is 13.1 Å². The van der Waals surface area contributed by atoms with E-state index in [1.807, 2.05) is 13.8 Å². The van der Waals surface area contributed by atoms with Gasteiger partial charge in [0.25, 0.3) is 0 Å². The lowest BCUT2D eigenvalue weighted by molar-refractivity contribution is -0.124. The molecule has 0 bridgehead atoms. The number of carbonyl (C=O) groups excluding carboxylic acids is 2. The second kappa shape index (κ2) is 8.70. The van der Waals surface area contributed by atoms with Gasteiger partial charge in [-0.05, 0) is 23.8 Å². The van der Waals surface area contributed by atoms with Crippen LogP contribution in [-0.4, -0.2) is 24.9 Å². The van der Waals surface area contributed by atoms with Gasteiger partial charge in [-0.3, -0.25) is 9.59 Å². The zero-order chi connectivity index (χ0) is 15.8. The van der Waals surface area contributed by atoms with E-state index in [2.05, 4.69) is 10.6 Å². The van der Waals surface area contributed by atoms with Crippen LogP contribution in [0.4, 0.5) is 0 Å². The minimum absolute atomic E-state index is 0.0319. The van der Waals surface area contributed by atoms with E-state index < -0.39 is 0 Å². The van der Waals surface area contributed by atoms with Crippen molar-refractivity contribution in [3.63, 3.8) is 0 Å². The van der Waals surface area contributed by atoms with Gasteiger partial charge in [0.05, 0.1) is 10.0 Å². The third-order valence-electron chi connectivity index (χ3n) is 2.62. The van der Waals surface area contributed by atoms with Gasteiger partial charge in [0, 0.05) is 25.1 Å². The van der Waals surface area contributed by atoms with E-state index >= 15 is 0 Å². The number of hydrogen-bond donors (Lipinski definition) is 2. The van der Waals surface area contributed by atoms with Gasteiger partial charge < -0.3 is 10.6 Å². The maximum Gasteiger partial charge on any atom is 0.244 e. The van der Waals surface area contributed by atoms with Gasteiger partial charge in [0.2, 0.25) is 11.8 Å². The summed E-state index contributed by atoms with van der Waals surface area (Å²) >= 11 is 11.7. The number of amides is 2. The van der Waals surface area contributed by atoms with E-state index in [-0.39, 0.29) is 17.7 Å². The molecule has 0 heterocycles. The lowest BCUT2D eigenvalue weighted by Gasteiger charge is -2.07. The average Bonchev–Trinajstić information content (AvgIpc) is 2.44. The Balaban J connectivity index is 2.34. The number of rotatable bonds is 6. The molecule has 0 unspecified atom stereocenters. The first-order valence-corrected chi connectivity index (χ1v) is 7.34. The van der Waals surface area contributed by atoms with Crippen LogP contribution < -0.4 is 10.6 Å². The number of benzene rings is 1. The third-order valence-corrected chi connectivity index (χ3v) is 3.36. The molecule has 2 amide bonds. The van der Waals surface area contributed by atoms with Crippen molar-refractivity contribution in [1.82, 2.24) is 10.6 Å². The monoisotopic (exact) mass is 328 g/mol. The van der Waals surface area contributed by atoms with Crippen LogP contribution in [0.3, 0.4) is 0 Å². The van der Waals surface area contributed by atoms with Gasteiger partial charge in [-0.2, -0.15) is 0 Å². The summed E-state index contributed by atoms with van der Waals surface area (Å²) in [5.74, 6) is -0.328. The molecule has 114 valence electrons. The molecule has 0 radical (unpaired) electrons. The van der Waals surface area contributed by atoms with Crippen LogP contribution in [0, 0.1) is 5.92 Å². The Morgan fingerprint density at radius 3 is 2.43 bits per heavy atom. The predicted molar refractivity (Wildman–Crippen MR) is 86.4 cm³/mol. The SMILES string of the molecule is CC(C)C(=O)NCCNC(=O)C=Cc1ccc(Cl)c(Cl)c1. The van der Waals surface area contributed by atoms with Crippen molar-refractivity contribution >= 4 is 41.1 Å². The summed E-state index contributed by atoms with van der Waals surface area (Å²) < 4.78 is 0. The lowest BCUT2D eigenvalue weighted by Crippen LogP contribution is -2.35. The highest BCUT2D eigenvalue weighted by Crippen LogP contribution is 2.22. The zero-order valence-corrected chi connectivity index (χ0v) is 13.5. The Morgan fingerprint density at radius 2 is 1.81 bits per heavy atom. The van der Waals surface area contributed by atoms with Gasteiger partial charge >= 0.3 is 0 Å². The molecule has 4 nitrogen and oxygen atoms in total. The topological polar surface area (TPSA) is 58.2 Å². The van der Waals surface area contributed by atoms with Crippen LogP contribution in [0.5, 0.6) is 0 Å². The molecule has 21 heavy (non-hydrogen) atoms. The Morgan fingerprint density at radius 1 is 1.14 bits per heavy atom. The summed E-state index contributed by atoms with van der Waals surface area (Å²) in [4.78, 5) is 22.9. The number of halogens is 2. The molecule has 6 heteroatoms. The van der Waals surface area contributed by atoms with Crippen LogP contribution in [0.2, 0.25) is 10.0 Å². The molecule has 0 spiro atoms. The first kappa shape index (κ1) is 17.5. The molecule has 0 aliphatic heterocycles. The number of nitrogens with one attached hydrogen (secondary N) is 2. The van der Waals surface area contributed by atoms with Crippen LogP contribution >= 0.6 is 23.2 Å². The molecule has 0 aliphatic rings. The molecule has 0 saturated heterocycles. The zero-order valence-electron chi connectivity index (χ0n) is 12.0. The van der Waals surface area contributed by atoms with E-state index in [0.717, 1.165) is 5.56 Å². The largest absolute Gasteiger partial charge is 0.354 e. The van der Waals surface area contributed by atoms with E-state index in [1.54, 1.807) is 24.3 Å². The fraction of sp³-hybridized carbons (Fsp3) is 0.333. The molecular formula is C15H18Cl2N2O2. The normalized spacial score (nSPS) is 10.9. The second-order valence-electron chi connectivity index (χ2n) is 4.74. The summed E-state index contributed by atoms with van der Waals surface area (Å²) in [5.41, 5.74) is 0.785. The minimum Gasteiger partial charge on any atom is -0.354 e. The summed E-state index contributed by atoms with van der Waals surface area (Å²) in [5, 5.41) is 6.30. The fourth-order valence-electron chi connectivity index (χ4n) is 1.42. The van der Waals surface area contributed by atoms with Crippen molar-refractivity contribution in [1.29, 1.82) is 0 Å². The van der Waals surface area contributed by atoms with Crippen LogP contribution in [0.15, 0.2) is 24.3 Å². The first-order chi connectivity index (χ1) is 9.90. The first-order valence-electron chi connectivity index (χ1n) is 6.59. The van der Waals surface area contributed by atoms with Crippen molar-refractivity contribution in [2.24, 2.45) is 5.92 Å². The molecule has 0 saturated carbocycles. The fourth-order valence-corrected chi connectivity index (χ4v) is 1.73. The van der Waals surface area contributed by atoms with Crippen molar-refractivity contribution in [2.45, 2.75) is 13.8 Å². The Hall–Kier alpha value is -1.52. The molecular weight excluding hydrogens is 311 g/mol. The Bertz CT molecular complexity index is 542. The van der Waals surface area contributed by atoms with Crippen molar-refractivity contribution in [3.05, 3.63) is 39.9 Å². The molecule has 0 aliphatic carbocycles. The average molecular weight is 329 g/mol. The molecule has 1 aromatic rings. The number of hydrogen-bond acceptors (Lipinski definition) is 2. The van der Waals surface area contributed by atoms with E-state index in [1.165, 1.54) is 6.08 Å². The number of carbonyl (C=O) groups is 2. The summed E-state index contributed by atoms with van der Waals surface area (Å²) in [6.45, 7) is 4.41. The standard InChI is InChI=1S/C15H18Cl2N2O2/c1-10(2)15(21)19-8-7-18-14(20)6-4-11-3-5-12(16)13(17)9-11/h3-6,9-10H,7-8H2,1-2H3,(H,18,20)(H,19,21).